The van der Waals surface area contributed by atoms with Crippen LogP contribution in [0.15, 0.2) is 23.1 Å². The van der Waals surface area contributed by atoms with Crippen molar-refractivity contribution in [3.05, 3.63) is 23.8 Å². The van der Waals surface area contributed by atoms with Crippen molar-refractivity contribution in [2.45, 2.75) is 17.7 Å². The van der Waals surface area contributed by atoms with Gasteiger partial charge in [0.2, 0.25) is 0 Å². The summed E-state index contributed by atoms with van der Waals surface area (Å²) >= 11 is 4.13. The molecular weight excluding hydrogens is 197 g/mol. The SMILES string of the molecule is N#CCCc1cccc(S)c1B(O)O. The Bertz CT molecular complexity index is 362. The minimum atomic E-state index is -1.53. The molecule has 5 heteroatoms. The number of hydrogen-bond donors (Lipinski definition) is 3. The van der Waals surface area contributed by atoms with E-state index >= 15 is 0 Å². The van der Waals surface area contributed by atoms with Gasteiger partial charge in [0.15, 0.2) is 0 Å². The number of hydrogen-bond acceptors (Lipinski definition) is 4. The lowest BCUT2D eigenvalue weighted by molar-refractivity contribution is 0.424. The average Bonchev–Trinajstić information content (AvgIpc) is 2.14. The molecule has 0 heterocycles. The van der Waals surface area contributed by atoms with Crippen molar-refractivity contribution in [3.63, 3.8) is 0 Å². The highest BCUT2D eigenvalue weighted by Gasteiger charge is 2.18. The van der Waals surface area contributed by atoms with E-state index in [9.17, 15) is 0 Å². The highest BCUT2D eigenvalue weighted by atomic mass is 32.1. The van der Waals surface area contributed by atoms with Crippen LogP contribution in [0.3, 0.4) is 0 Å². The maximum Gasteiger partial charge on any atom is 0.489 e. The lowest BCUT2D eigenvalue weighted by Crippen LogP contribution is -2.34. The molecule has 1 rings (SSSR count). The molecule has 0 spiro atoms. The fourth-order valence-electron chi connectivity index (χ4n) is 1.31. The summed E-state index contributed by atoms with van der Waals surface area (Å²) in [6, 6.07) is 7.25. The van der Waals surface area contributed by atoms with Gasteiger partial charge in [-0.1, -0.05) is 12.1 Å². The van der Waals surface area contributed by atoms with Crippen LogP contribution in [-0.2, 0) is 6.42 Å². The zero-order chi connectivity index (χ0) is 10.6. The van der Waals surface area contributed by atoms with Gasteiger partial charge in [-0.25, -0.2) is 0 Å². The second kappa shape index (κ2) is 5.06. The van der Waals surface area contributed by atoms with Crippen LogP contribution in [0.2, 0.25) is 0 Å². The Morgan fingerprint density at radius 3 is 2.71 bits per heavy atom. The van der Waals surface area contributed by atoms with Crippen molar-refractivity contribution in [2.75, 3.05) is 0 Å². The number of nitrogens with zero attached hydrogens (tertiary/aromatic N) is 1. The smallest absolute Gasteiger partial charge is 0.423 e. The molecule has 0 aliphatic heterocycles. The molecule has 0 bridgehead atoms. The van der Waals surface area contributed by atoms with Crippen LogP contribution in [0.1, 0.15) is 12.0 Å². The zero-order valence-corrected chi connectivity index (χ0v) is 8.41. The van der Waals surface area contributed by atoms with E-state index in [1.54, 1.807) is 18.2 Å². The molecule has 0 unspecified atom stereocenters. The van der Waals surface area contributed by atoms with Gasteiger partial charge in [-0.05, 0) is 23.5 Å². The Kier molecular flexibility index (Phi) is 4.02. The van der Waals surface area contributed by atoms with Crippen molar-refractivity contribution in [2.24, 2.45) is 0 Å². The van der Waals surface area contributed by atoms with E-state index in [0.717, 1.165) is 5.56 Å². The fraction of sp³-hybridized carbons (Fsp3) is 0.222. The van der Waals surface area contributed by atoms with Gasteiger partial charge in [0.1, 0.15) is 0 Å². The van der Waals surface area contributed by atoms with E-state index < -0.39 is 7.12 Å². The van der Waals surface area contributed by atoms with Gasteiger partial charge in [0.25, 0.3) is 0 Å². The quantitative estimate of drug-likeness (QED) is 0.487. The van der Waals surface area contributed by atoms with E-state index in [-0.39, 0.29) is 0 Å². The second-order valence-corrected chi connectivity index (χ2v) is 3.36. The molecule has 72 valence electrons. The van der Waals surface area contributed by atoms with Crippen LogP contribution in [0.5, 0.6) is 0 Å². The Balaban J connectivity index is 3.03. The molecule has 0 saturated heterocycles. The standard InChI is InChI=1S/C9H10BNO2S/c11-6-2-4-7-3-1-5-8(14)9(7)10(12)13/h1,3,5,12-14H,2,4H2. The number of benzene rings is 1. The molecule has 1 aromatic rings. The molecule has 0 aliphatic carbocycles. The summed E-state index contributed by atoms with van der Waals surface area (Å²) in [4.78, 5) is 0.537. The molecule has 14 heavy (non-hydrogen) atoms. The predicted octanol–water partition coefficient (Wildman–Crippen LogP) is 0.111. The fourth-order valence-corrected chi connectivity index (χ4v) is 1.65. The largest absolute Gasteiger partial charge is 0.489 e. The molecule has 0 fully saturated rings. The van der Waals surface area contributed by atoms with Gasteiger partial charge in [0, 0.05) is 11.3 Å². The molecular formula is C9H10BNO2S. The molecule has 0 radical (unpaired) electrons. The van der Waals surface area contributed by atoms with Crippen LogP contribution in [-0.4, -0.2) is 17.2 Å². The van der Waals surface area contributed by atoms with Gasteiger partial charge >= 0.3 is 7.12 Å². The van der Waals surface area contributed by atoms with Crippen molar-refractivity contribution in [1.82, 2.24) is 0 Å². The van der Waals surface area contributed by atoms with Crippen molar-refractivity contribution in [3.8, 4) is 6.07 Å². The average molecular weight is 207 g/mol. The molecule has 0 atom stereocenters. The van der Waals surface area contributed by atoms with Crippen LogP contribution in [0.4, 0.5) is 0 Å². The summed E-state index contributed by atoms with van der Waals surface area (Å²) in [5, 5.41) is 26.6. The van der Waals surface area contributed by atoms with E-state index in [1.165, 1.54) is 0 Å². The minimum absolute atomic E-state index is 0.358. The molecule has 2 N–H and O–H groups in total. The number of aryl methyl sites for hydroxylation is 1. The van der Waals surface area contributed by atoms with Crippen LogP contribution >= 0.6 is 12.6 Å². The van der Waals surface area contributed by atoms with Crippen molar-refractivity contribution in [1.29, 1.82) is 5.26 Å². The normalized spacial score (nSPS) is 9.57. The first-order valence-electron chi connectivity index (χ1n) is 4.20. The number of rotatable bonds is 3. The summed E-state index contributed by atoms with van der Waals surface area (Å²) in [6.07, 6.45) is 0.870. The molecule has 3 nitrogen and oxygen atoms in total. The number of thiol groups is 1. The minimum Gasteiger partial charge on any atom is -0.423 e. The van der Waals surface area contributed by atoms with E-state index in [4.69, 9.17) is 15.3 Å². The monoisotopic (exact) mass is 207 g/mol. The Hall–Kier alpha value is -0.955. The highest BCUT2D eigenvalue weighted by Crippen LogP contribution is 2.08. The van der Waals surface area contributed by atoms with Crippen LogP contribution < -0.4 is 5.46 Å². The summed E-state index contributed by atoms with van der Waals surface area (Å²) in [5.74, 6) is 0. The predicted molar refractivity (Wildman–Crippen MR) is 57.5 cm³/mol. The van der Waals surface area contributed by atoms with Gasteiger partial charge < -0.3 is 10.0 Å². The van der Waals surface area contributed by atoms with Crippen LogP contribution in [0.25, 0.3) is 0 Å². The van der Waals surface area contributed by atoms with Crippen molar-refractivity contribution >= 4 is 25.2 Å². The second-order valence-electron chi connectivity index (χ2n) is 2.88. The summed E-state index contributed by atoms with van der Waals surface area (Å²) in [5.41, 5.74) is 1.15. The maximum atomic E-state index is 9.11. The summed E-state index contributed by atoms with van der Waals surface area (Å²) < 4.78 is 0. The highest BCUT2D eigenvalue weighted by molar-refractivity contribution is 7.80. The third-order valence-electron chi connectivity index (χ3n) is 1.94. The summed E-state index contributed by atoms with van der Waals surface area (Å²) in [6.45, 7) is 0. The molecule has 0 aliphatic rings. The number of nitriles is 1. The molecule has 0 aromatic heterocycles. The van der Waals surface area contributed by atoms with E-state index in [0.29, 0.717) is 23.2 Å². The Labute approximate surface area is 88.6 Å². The van der Waals surface area contributed by atoms with Crippen molar-refractivity contribution < 1.29 is 10.0 Å². The van der Waals surface area contributed by atoms with Gasteiger partial charge in [0.05, 0.1) is 6.07 Å². The van der Waals surface area contributed by atoms with Crippen LogP contribution in [0, 0.1) is 11.3 Å². The maximum absolute atomic E-state index is 9.11. The molecule has 0 amide bonds. The lowest BCUT2D eigenvalue weighted by Gasteiger charge is -2.09. The first kappa shape index (κ1) is 11.1. The van der Waals surface area contributed by atoms with Gasteiger partial charge in [-0.3, -0.25) is 0 Å². The third-order valence-corrected chi connectivity index (χ3v) is 2.33. The van der Waals surface area contributed by atoms with Gasteiger partial charge in [-0.2, -0.15) is 5.26 Å². The molecule has 1 aromatic carbocycles. The zero-order valence-electron chi connectivity index (χ0n) is 7.51. The third kappa shape index (κ3) is 2.52. The summed E-state index contributed by atoms with van der Waals surface area (Å²) in [7, 11) is -1.53. The first-order chi connectivity index (χ1) is 6.66. The van der Waals surface area contributed by atoms with E-state index in [1.807, 2.05) is 6.07 Å². The topological polar surface area (TPSA) is 64.2 Å². The lowest BCUT2D eigenvalue weighted by atomic mass is 9.76. The van der Waals surface area contributed by atoms with Gasteiger partial charge in [-0.15, -0.1) is 12.6 Å². The Morgan fingerprint density at radius 1 is 1.43 bits per heavy atom. The first-order valence-corrected chi connectivity index (χ1v) is 4.65. The Morgan fingerprint density at radius 2 is 2.14 bits per heavy atom. The molecule has 0 saturated carbocycles. The van der Waals surface area contributed by atoms with E-state index in [2.05, 4.69) is 12.6 Å².